The summed E-state index contributed by atoms with van der Waals surface area (Å²) in [6.45, 7) is 17.7. The largest absolute Gasteiger partial charge is 0.465 e. The number of aryl methyl sites for hydroxylation is 1. The minimum Gasteiger partial charge on any atom is -0.403 e. The normalized spacial score (nSPS) is 21.0. The van der Waals surface area contributed by atoms with Crippen molar-refractivity contribution in [1.82, 2.24) is 0 Å². The predicted molar refractivity (Wildman–Crippen MR) is 102 cm³/mol. The van der Waals surface area contributed by atoms with Gasteiger partial charge in [-0.05, 0) is 46.6 Å². The highest BCUT2D eigenvalue weighted by Gasteiger charge is 2.53. The van der Waals surface area contributed by atoms with Crippen LogP contribution in [0.1, 0.15) is 64.4 Å². The molecule has 1 aliphatic rings. The third-order valence-corrected chi connectivity index (χ3v) is 6.86. The predicted octanol–water partition coefficient (Wildman–Crippen LogP) is 4.47. The highest BCUT2D eigenvalue weighted by Crippen LogP contribution is 2.41. The quantitative estimate of drug-likeness (QED) is 0.741. The second-order valence-corrected chi connectivity index (χ2v) is 10.6. The van der Waals surface area contributed by atoms with Crippen molar-refractivity contribution < 1.29 is 9.31 Å². The fraction of sp³-hybridized carbons (Fsp3) is 0.684. The van der Waals surface area contributed by atoms with Gasteiger partial charge in [-0.25, -0.2) is 0 Å². The van der Waals surface area contributed by atoms with Crippen molar-refractivity contribution in [2.24, 2.45) is 0 Å². The number of hydrogen-bond acceptors (Lipinski definition) is 2. The Morgan fingerprint density at radius 2 is 1.65 bits per heavy atom. The van der Waals surface area contributed by atoms with Crippen LogP contribution in [0.5, 0.6) is 0 Å². The first-order valence-corrected chi connectivity index (χ1v) is 11.4. The van der Waals surface area contributed by atoms with Crippen molar-refractivity contribution >= 4 is 21.1 Å². The van der Waals surface area contributed by atoms with Gasteiger partial charge in [-0.1, -0.05) is 55.4 Å². The fourth-order valence-corrected chi connectivity index (χ4v) is 4.59. The summed E-state index contributed by atoms with van der Waals surface area (Å²) < 4.78 is 12.8. The van der Waals surface area contributed by atoms with E-state index in [1.54, 1.807) is 0 Å². The van der Waals surface area contributed by atoms with Crippen LogP contribution in [-0.2, 0) is 9.31 Å². The van der Waals surface area contributed by atoms with Crippen molar-refractivity contribution in [2.45, 2.75) is 84.5 Å². The molecule has 1 aromatic rings. The Morgan fingerprint density at radius 3 is 2.13 bits per heavy atom. The van der Waals surface area contributed by atoms with Gasteiger partial charge in [-0.3, -0.25) is 0 Å². The highest BCUT2D eigenvalue weighted by atomic mass is 28.3. The summed E-state index contributed by atoms with van der Waals surface area (Å²) in [6, 6.07) is 6.92. The Bertz CT molecular complexity index is 538. The van der Waals surface area contributed by atoms with E-state index in [0.29, 0.717) is 5.82 Å². The van der Waals surface area contributed by atoms with Gasteiger partial charge in [0.2, 0.25) is 0 Å². The van der Waals surface area contributed by atoms with Crippen LogP contribution in [0.2, 0.25) is 13.1 Å². The van der Waals surface area contributed by atoms with Crippen LogP contribution in [0.4, 0.5) is 0 Å². The van der Waals surface area contributed by atoms with Crippen molar-refractivity contribution in [3.8, 4) is 0 Å². The minimum atomic E-state index is -0.523. The molecule has 2 rings (SSSR count). The Labute approximate surface area is 144 Å². The molecule has 1 saturated heterocycles. The van der Waals surface area contributed by atoms with Crippen LogP contribution in [0, 0.1) is 6.92 Å². The smallest absolute Gasteiger partial charge is 0.403 e. The van der Waals surface area contributed by atoms with Gasteiger partial charge < -0.3 is 9.31 Å². The van der Waals surface area contributed by atoms with Crippen molar-refractivity contribution in [1.29, 1.82) is 0 Å². The van der Waals surface area contributed by atoms with E-state index in [-0.39, 0.29) is 18.3 Å². The van der Waals surface area contributed by atoms with Crippen molar-refractivity contribution in [2.75, 3.05) is 0 Å². The maximum absolute atomic E-state index is 6.39. The molecule has 0 saturated carbocycles. The van der Waals surface area contributed by atoms with Crippen molar-refractivity contribution in [3.63, 3.8) is 0 Å². The zero-order valence-corrected chi connectivity index (χ0v) is 17.1. The van der Waals surface area contributed by atoms with E-state index in [1.807, 2.05) is 0 Å². The highest BCUT2D eigenvalue weighted by molar-refractivity contribution is 6.71. The summed E-state index contributed by atoms with van der Waals surface area (Å²) in [5, 5.41) is 1.53. The first-order chi connectivity index (χ1) is 10.6. The van der Waals surface area contributed by atoms with Crippen molar-refractivity contribution in [3.05, 3.63) is 29.3 Å². The molecule has 1 fully saturated rings. The fourth-order valence-electron chi connectivity index (χ4n) is 3.23. The number of hydrogen-bond donors (Lipinski definition) is 0. The molecule has 1 atom stereocenters. The van der Waals surface area contributed by atoms with E-state index in [2.05, 4.69) is 72.8 Å². The van der Waals surface area contributed by atoms with Gasteiger partial charge >= 0.3 is 7.12 Å². The molecule has 1 unspecified atom stereocenters. The molecule has 0 aromatic heterocycles. The summed E-state index contributed by atoms with van der Waals surface area (Å²) in [5.41, 5.74) is 2.26. The third-order valence-electron chi connectivity index (χ3n) is 5.35. The summed E-state index contributed by atoms with van der Waals surface area (Å²) in [4.78, 5) is 0. The number of benzene rings is 1. The standard InChI is InChI=1S/C19H32BO2Si/c1-9-10-16(20-21-18(3,4)19(5,6)22-20)15-12-11-14(2)13-17(15)23(7)8/h11-13,16H,9-10H2,1-8H3. The molecule has 1 aromatic carbocycles. The van der Waals surface area contributed by atoms with E-state index >= 15 is 0 Å². The summed E-state index contributed by atoms with van der Waals surface area (Å²) >= 11 is 0. The molecule has 23 heavy (non-hydrogen) atoms. The molecule has 1 radical (unpaired) electrons. The summed E-state index contributed by atoms with van der Waals surface area (Å²) in [6.07, 6.45) is 2.24. The first-order valence-electron chi connectivity index (χ1n) is 8.86. The first kappa shape index (κ1) is 18.8. The molecular formula is C19H32BO2Si. The van der Waals surface area contributed by atoms with Gasteiger partial charge in [-0.2, -0.15) is 0 Å². The molecule has 0 spiro atoms. The van der Waals surface area contributed by atoms with Gasteiger partial charge in [0.25, 0.3) is 0 Å². The van der Waals surface area contributed by atoms with Crippen LogP contribution in [0.25, 0.3) is 0 Å². The van der Waals surface area contributed by atoms with Gasteiger partial charge in [0.1, 0.15) is 0 Å². The zero-order chi connectivity index (χ0) is 17.4. The second kappa shape index (κ2) is 6.73. The number of rotatable bonds is 5. The zero-order valence-electron chi connectivity index (χ0n) is 16.1. The molecule has 1 aliphatic heterocycles. The molecule has 0 aliphatic carbocycles. The topological polar surface area (TPSA) is 18.5 Å². The van der Waals surface area contributed by atoms with E-state index in [4.69, 9.17) is 9.31 Å². The Kier molecular flexibility index (Phi) is 5.49. The van der Waals surface area contributed by atoms with E-state index < -0.39 is 8.80 Å². The molecule has 127 valence electrons. The van der Waals surface area contributed by atoms with Crippen LogP contribution < -0.4 is 5.19 Å². The molecule has 0 N–H and O–H groups in total. The maximum atomic E-state index is 6.39. The van der Waals surface area contributed by atoms with Crippen LogP contribution in [0.3, 0.4) is 0 Å². The monoisotopic (exact) mass is 331 g/mol. The maximum Gasteiger partial charge on any atom is 0.465 e. The van der Waals surface area contributed by atoms with Gasteiger partial charge in [-0.15, -0.1) is 0 Å². The lowest BCUT2D eigenvalue weighted by molar-refractivity contribution is 0.00578. The molecule has 4 heteroatoms. The Balaban J connectivity index is 2.41. The van der Waals surface area contributed by atoms with Crippen LogP contribution in [0.15, 0.2) is 18.2 Å². The Morgan fingerprint density at radius 1 is 1.09 bits per heavy atom. The molecule has 0 bridgehead atoms. The average Bonchev–Trinajstić information content (AvgIpc) is 2.65. The molecular weight excluding hydrogens is 299 g/mol. The minimum absolute atomic E-state index is 0.150. The van der Waals surface area contributed by atoms with Crippen LogP contribution in [-0.4, -0.2) is 27.1 Å². The van der Waals surface area contributed by atoms with Gasteiger partial charge in [0, 0.05) is 5.82 Å². The van der Waals surface area contributed by atoms with E-state index in [0.717, 1.165) is 12.8 Å². The lowest BCUT2D eigenvalue weighted by atomic mass is 9.65. The van der Waals surface area contributed by atoms with E-state index in [1.165, 1.54) is 16.3 Å². The lowest BCUT2D eigenvalue weighted by Crippen LogP contribution is -2.41. The summed E-state index contributed by atoms with van der Waals surface area (Å²) in [5.74, 6) is 0.316. The Hall–Kier alpha value is -0.578. The molecule has 1 heterocycles. The SMILES string of the molecule is CCCC(B1OC(C)(C)C(C)(C)O1)c1ccc(C)cc1[Si](C)C. The van der Waals surface area contributed by atoms with Gasteiger partial charge in [0.05, 0.1) is 20.0 Å². The molecule has 2 nitrogen and oxygen atoms in total. The second-order valence-electron chi connectivity index (χ2n) is 8.11. The third kappa shape index (κ3) is 3.75. The molecule has 0 amide bonds. The summed E-state index contributed by atoms with van der Waals surface area (Å²) in [7, 11) is -0.673. The average molecular weight is 331 g/mol. The van der Waals surface area contributed by atoms with E-state index in [9.17, 15) is 0 Å². The lowest BCUT2D eigenvalue weighted by Gasteiger charge is -2.32. The van der Waals surface area contributed by atoms with Crippen LogP contribution >= 0.6 is 0 Å². The van der Waals surface area contributed by atoms with Gasteiger partial charge in [0.15, 0.2) is 0 Å².